The molecule has 0 atom stereocenters. The number of hydrogen-bond donors (Lipinski definition) is 3. The Morgan fingerprint density at radius 3 is 3.00 bits per heavy atom. The van der Waals surface area contributed by atoms with Gasteiger partial charge in [0.05, 0.1) is 18.3 Å². The monoisotopic (exact) mass is 361 g/mol. The Bertz CT molecular complexity index is 1200. The highest BCUT2D eigenvalue weighted by Gasteiger charge is 2.17. The molecular formula is C19H15N5O3. The predicted octanol–water partition coefficient (Wildman–Crippen LogP) is 3.19. The number of aromatic amines is 1. The summed E-state index contributed by atoms with van der Waals surface area (Å²) in [6.45, 7) is 0.0295. The predicted molar refractivity (Wildman–Crippen MR) is 102 cm³/mol. The maximum absolute atomic E-state index is 11.5. The molecule has 1 aliphatic heterocycles. The van der Waals surface area contributed by atoms with Gasteiger partial charge in [0.25, 0.3) is 5.91 Å². The van der Waals surface area contributed by atoms with Crippen LogP contribution < -0.4 is 20.1 Å². The fourth-order valence-electron chi connectivity index (χ4n) is 3.19. The van der Waals surface area contributed by atoms with Gasteiger partial charge in [0.1, 0.15) is 17.0 Å². The lowest BCUT2D eigenvalue weighted by Gasteiger charge is -2.19. The molecule has 2 aromatic carbocycles. The number of fused-ring (bicyclic) bond motifs is 4. The Hall–Kier alpha value is -3.81. The summed E-state index contributed by atoms with van der Waals surface area (Å²) in [5.41, 5.74) is 2.90. The minimum atomic E-state index is -0.176. The molecule has 0 saturated heterocycles. The number of amides is 1. The van der Waals surface area contributed by atoms with Gasteiger partial charge < -0.3 is 20.1 Å². The van der Waals surface area contributed by atoms with Crippen LogP contribution in [0.3, 0.4) is 0 Å². The Morgan fingerprint density at radius 2 is 2.11 bits per heavy atom. The number of ether oxygens (including phenoxy) is 2. The molecule has 8 heteroatoms. The summed E-state index contributed by atoms with van der Waals surface area (Å²) < 4.78 is 10.7. The van der Waals surface area contributed by atoms with Gasteiger partial charge in [-0.15, -0.1) is 0 Å². The molecule has 2 aromatic heterocycles. The maximum Gasteiger partial charge on any atom is 0.262 e. The minimum absolute atomic E-state index is 0.0295. The molecule has 4 aromatic rings. The summed E-state index contributed by atoms with van der Waals surface area (Å²) in [7, 11) is 1.63. The molecule has 0 bridgehead atoms. The van der Waals surface area contributed by atoms with Crippen molar-refractivity contribution in [3.63, 3.8) is 0 Å². The fourth-order valence-corrected chi connectivity index (χ4v) is 3.19. The minimum Gasteiger partial charge on any atom is -0.497 e. The van der Waals surface area contributed by atoms with Gasteiger partial charge >= 0.3 is 0 Å². The lowest BCUT2D eigenvalue weighted by molar-refractivity contribution is -0.118. The van der Waals surface area contributed by atoms with Gasteiger partial charge in [-0.1, -0.05) is 0 Å². The van der Waals surface area contributed by atoms with Crippen LogP contribution in [0.1, 0.15) is 0 Å². The van der Waals surface area contributed by atoms with E-state index in [4.69, 9.17) is 14.5 Å². The Balaban J connectivity index is 1.61. The first-order valence-electron chi connectivity index (χ1n) is 8.36. The summed E-state index contributed by atoms with van der Waals surface area (Å²) in [5, 5.41) is 15.3. The van der Waals surface area contributed by atoms with E-state index in [9.17, 15) is 4.79 Å². The van der Waals surface area contributed by atoms with Crippen molar-refractivity contribution in [2.45, 2.75) is 0 Å². The summed E-state index contributed by atoms with van der Waals surface area (Å²) in [6.07, 6.45) is 1.85. The summed E-state index contributed by atoms with van der Waals surface area (Å²) in [5.74, 6) is 1.80. The quantitative estimate of drug-likeness (QED) is 0.518. The first kappa shape index (κ1) is 15.4. The Kier molecular flexibility index (Phi) is 3.36. The molecule has 134 valence electrons. The molecule has 0 unspecified atom stereocenters. The van der Waals surface area contributed by atoms with E-state index in [1.165, 1.54) is 0 Å². The first-order valence-corrected chi connectivity index (χ1v) is 8.36. The van der Waals surface area contributed by atoms with Gasteiger partial charge in [0.15, 0.2) is 12.4 Å². The van der Waals surface area contributed by atoms with Gasteiger partial charge in [-0.2, -0.15) is 5.10 Å². The third-order valence-corrected chi connectivity index (χ3v) is 4.47. The van der Waals surface area contributed by atoms with Crippen molar-refractivity contribution in [2.75, 3.05) is 24.4 Å². The summed E-state index contributed by atoms with van der Waals surface area (Å²) in [6, 6.07) is 11.2. The third kappa shape index (κ3) is 2.58. The number of pyridine rings is 1. The smallest absolute Gasteiger partial charge is 0.262 e. The molecule has 5 rings (SSSR count). The molecule has 27 heavy (non-hydrogen) atoms. The standard InChI is InChI=1S/C19H15N5O3/c1-26-11-3-4-12-13-8-20-24-18(13)19(23-14(12)7-11)21-10-2-5-16-15(6-10)22-17(25)9-27-16/h2-8H,9H2,1H3,(H,20,24)(H,21,23)(H,22,25). The van der Waals surface area contributed by atoms with Crippen molar-refractivity contribution in [1.82, 2.24) is 15.2 Å². The van der Waals surface area contributed by atoms with E-state index in [0.29, 0.717) is 17.3 Å². The number of hydrogen-bond acceptors (Lipinski definition) is 6. The van der Waals surface area contributed by atoms with Crippen molar-refractivity contribution >= 4 is 44.9 Å². The Morgan fingerprint density at radius 1 is 1.19 bits per heavy atom. The van der Waals surface area contributed by atoms with Gasteiger partial charge in [-0.3, -0.25) is 9.89 Å². The molecule has 3 N–H and O–H groups in total. The average molecular weight is 361 g/mol. The van der Waals surface area contributed by atoms with Gasteiger partial charge in [-0.25, -0.2) is 4.98 Å². The Labute approximate surface area is 153 Å². The number of benzene rings is 2. The van der Waals surface area contributed by atoms with Gasteiger partial charge in [0, 0.05) is 28.7 Å². The van der Waals surface area contributed by atoms with E-state index in [-0.39, 0.29) is 12.5 Å². The SMILES string of the molecule is COc1ccc2c(c1)nc(Nc1ccc3c(c1)NC(=O)CO3)c1n[nH]cc12. The number of nitrogens with zero attached hydrogens (tertiary/aromatic N) is 2. The van der Waals surface area contributed by atoms with Crippen LogP contribution in [0.2, 0.25) is 0 Å². The van der Waals surface area contributed by atoms with Crippen LogP contribution >= 0.6 is 0 Å². The van der Waals surface area contributed by atoms with Gasteiger partial charge in [0.2, 0.25) is 0 Å². The molecule has 1 amide bonds. The van der Waals surface area contributed by atoms with Crippen LogP contribution in [0.5, 0.6) is 11.5 Å². The maximum atomic E-state index is 11.5. The van der Waals surface area contributed by atoms with Crippen molar-refractivity contribution in [3.8, 4) is 11.5 Å². The van der Waals surface area contributed by atoms with Crippen LogP contribution in [0, 0.1) is 0 Å². The van der Waals surface area contributed by atoms with Crippen molar-refractivity contribution in [2.24, 2.45) is 0 Å². The van der Waals surface area contributed by atoms with Crippen molar-refractivity contribution < 1.29 is 14.3 Å². The van der Waals surface area contributed by atoms with Crippen LogP contribution in [-0.4, -0.2) is 34.8 Å². The topological polar surface area (TPSA) is 101 Å². The molecule has 0 aliphatic carbocycles. The van der Waals surface area contributed by atoms with E-state index < -0.39 is 0 Å². The van der Waals surface area contributed by atoms with E-state index in [1.807, 2.05) is 42.6 Å². The number of carbonyl (C=O) groups is 1. The second-order valence-corrected chi connectivity index (χ2v) is 6.16. The molecule has 0 saturated carbocycles. The van der Waals surface area contributed by atoms with E-state index in [1.54, 1.807) is 7.11 Å². The zero-order valence-corrected chi connectivity index (χ0v) is 14.4. The molecule has 3 heterocycles. The molecule has 8 nitrogen and oxygen atoms in total. The van der Waals surface area contributed by atoms with Crippen molar-refractivity contribution in [1.29, 1.82) is 0 Å². The number of methoxy groups -OCH3 is 1. The van der Waals surface area contributed by atoms with Crippen LogP contribution in [0.15, 0.2) is 42.6 Å². The fraction of sp³-hybridized carbons (Fsp3) is 0.105. The average Bonchev–Trinajstić information content (AvgIpc) is 3.17. The van der Waals surface area contributed by atoms with E-state index >= 15 is 0 Å². The van der Waals surface area contributed by atoms with Crippen LogP contribution in [-0.2, 0) is 4.79 Å². The second kappa shape index (κ2) is 5.87. The number of rotatable bonds is 3. The molecule has 1 aliphatic rings. The summed E-state index contributed by atoms with van der Waals surface area (Å²) in [4.78, 5) is 16.3. The zero-order valence-electron chi connectivity index (χ0n) is 14.4. The molecule has 0 fully saturated rings. The third-order valence-electron chi connectivity index (χ3n) is 4.47. The molecule has 0 spiro atoms. The lowest BCUT2D eigenvalue weighted by Crippen LogP contribution is -2.25. The number of H-pyrrole nitrogens is 1. The largest absolute Gasteiger partial charge is 0.497 e. The lowest BCUT2D eigenvalue weighted by atomic mass is 10.1. The van der Waals surface area contributed by atoms with Gasteiger partial charge in [-0.05, 0) is 30.3 Å². The number of carbonyl (C=O) groups excluding carboxylic acids is 1. The van der Waals surface area contributed by atoms with E-state index in [2.05, 4.69) is 20.8 Å². The number of anilines is 3. The van der Waals surface area contributed by atoms with Crippen molar-refractivity contribution in [3.05, 3.63) is 42.6 Å². The first-order chi connectivity index (χ1) is 13.2. The zero-order chi connectivity index (χ0) is 18.4. The number of aromatic nitrogens is 3. The van der Waals surface area contributed by atoms with E-state index in [0.717, 1.165) is 33.2 Å². The highest BCUT2D eigenvalue weighted by molar-refractivity contribution is 6.09. The highest BCUT2D eigenvalue weighted by atomic mass is 16.5. The second-order valence-electron chi connectivity index (χ2n) is 6.16. The van der Waals surface area contributed by atoms with Crippen LogP contribution in [0.4, 0.5) is 17.2 Å². The normalized spacial score (nSPS) is 13.1. The molecular weight excluding hydrogens is 346 g/mol. The summed E-state index contributed by atoms with van der Waals surface area (Å²) >= 11 is 0. The highest BCUT2D eigenvalue weighted by Crippen LogP contribution is 2.34. The molecule has 0 radical (unpaired) electrons. The number of nitrogens with one attached hydrogen (secondary N) is 3. The van der Waals surface area contributed by atoms with Crippen LogP contribution in [0.25, 0.3) is 21.8 Å².